The van der Waals surface area contributed by atoms with Crippen molar-refractivity contribution in [2.24, 2.45) is 0 Å². The van der Waals surface area contributed by atoms with Gasteiger partial charge in [-0.1, -0.05) is 12.1 Å². The molecule has 0 saturated carbocycles. The molecule has 27 heavy (non-hydrogen) atoms. The number of nitrogens with zero attached hydrogens (tertiary/aromatic N) is 5. The number of carbonyl (C=O) groups is 1. The first kappa shape index (κ1) is 16.6. The van der Waals surface area contributed by atoms with E-state index in [-0.39, 0.29) is 36.9 Å². The van der Waals surface area contributed by atoms with Gasteiger partial charge in [0.2, 0.25) is 11.8 Å². The number of hydrogen-bond donors (Lipinski definition) is 2. The number of Topliss-reactive ketones (excluding diaryl/α,β-unsaturated/α-hetero) is 1. The minimum absolute atomic E-state index is 0.0800. The molecule has 3 heterocycles. The van der Waals surface area contributed by atoms with Crippen LogP contribution in [0.5, 0.6) is 0 Å². The van der Waals surface area contributed by atoms with E-state index in [0.717, 1.165) is 11.0 Å². The molecule has 0 amide bonds. The van der Waals surface area contributed by atoms with Gasteiger partial charge in [-0.15, -0.1) is 10.2 Å². The van der Waals surface area contributed by atoms with E-state index in [1.807, 2.05) is 24.3 Å². The summed E-state index contributed by atoms with van der Waals surface area (Å²) in [4.78, 5) is 34.9. The number of aromatic nitrogens is 6. The fourth-order valence-corrected chi connectivity index (χ4v) is 2.59. The topological polar surface area (TPSA) is 146 Å². The summed E-state index contributed by atoms with van der Waals surface area (Å²) >= 11 is 0. The summed E-state index contributed by atoms with van der Waals surface area (Å²) in [7, 11) is 0. The van der Waals surface area contributed by atoms with Gasteiger partial charge in [-0.25, -0.2) is 9.78 Å². The Balaban J connectivity index is 1.40. The Morgan fingerprint density at radius 3 is 2.78 bits per heavy atom. The first-order valence-corrected chi connectivity index (χ1v) is 8.20. The Bertz CT molecular complexity index is 1140. The Kier molecular flexibility index (Phi) is 4.21. The number of rotatable bonds is 6. The lowest BCUT2D eigenvalue weighted by Gasteiger charge is -2.00. The number of carbonyl (C=O) groups excluding carboxylic acids is 1. The van der Waals surface area contributed by atoms with Gasteiger partial charge in [-0.3, -0.25) is 9.36 Å². The molecule has 0 aliphatic rings. The van der Waals surface area contributed by atoms with E-state index in [1.54, 1.807) is 0 Å². The smallest absolute Gasteiger partial charge is 0.349 e. The number of benzene rings is 1. The maximum absolute atomic E-state index is 12.3. The third-order valence-corrected chi connectivity index (χ3v) is 3.93. The lowest BCUT2D eigenvalue weighted by Crippen LogP contribution is -2.23. The van der Waals surface area contributed by atoms with E-state index in [2.05, 4.69) is 25.1 Å². The number of aromatic amines is 1. The molecule has 3 aromatic heterocycles. The number of para-hydroxylation sites is 2. The van der Waals surface area contributed by atoms with E-state index < -0.39 is 5.69 Å². The fourth-order valence-electron chi connectivity index (χ4n) is 2.59. The van der Waals surface area contributed by atoms with Gasteiger partial charge in [0.1, 0.15) is 12.4 Å². The zero-order valence-corrected chi connectivity index (χ0v) is 14.1. The van der Waals surface area contributed by atoms with Crippen LogP contribution in [-0.2, 0) is 13.0 Å². The van der Waals surface area contributed by atoms with Crippen LogP contribution in [0.25, 0.3) is 11.0 Å². The van der Waals surface area contributed by atoms with E-state index in [0.29, 0.717) is 11.7 Å². The molecule has 0 bridgehead atoms. The van der Waals surface area contributed by atoms with Crippen molar-refractivity contribution >= 4 is 22.6 Å². The van der Waals surface area contributed by atoms with Crippen LogP contribution >= 0.6 is 0 Å². The normalized spacial score (nSPS) is 11.1. The van der Waals surface area contributed by atoms with Gasteiger partial charge in [0, 0.05) is 19.0 Å². The van der Waals surface area contributed by atoms with Gasteiger partial charge >= 0.3 is 5.69 Å². The quantitative estimate of drug-likeness (QED) is 0.480. The Morgan fingerprint density at radius 2 is 1.96 bits per heavy atom. The highest BCUT2D eigenvalue weighted by Gasteiger charge is 2.14. The summed E-state index contributed by atoms with van der Waals surface area (Å²) in [5, 5.41) is 7.80. The van der Waals surface area contributed by atoms with Gasteiger partial charge in [0.15, 0.2) is 11.6 Å². The van der Waals surface area contributed by atoms with Crippen molar-refractivity contribution in [3.05, 3.63) is 64.6 Å². The van der Waals surface area contributed by atoms with Crippen molar-refractivity contribution in [3.8, 4) is 0 Å². The van der Waals surface area contributed by atoms with Gasteiger partial charge in [-0.05, 0) is 18.2 Å². The number of ketones is 1. The largest absolute Gasteiger partial charge is 0.423 e. The second kappa shape index (κ2) is 6.83. The van der Waals surface area contributed by atoms with Crippen LogP contribution in [0.2, 0.25) is 0 Å². The molecule has 4 rings (SSSR count). The molecular weight excluding hydrogens is 350 g/mol. The molecule has 136 valence electrons. The summed E-state index contributed by atoms with van der Waals surface area (Å²) in [5.74, 6) is 0.854. The highest BCUT2D eigenvalue weighted by Crippen LogP contribution is 2.13. The molecule has 0 radical (unpaired) electrons. The number of fused-ring (bicyclic) bond motifs is 1. The minimum Gasteiger partial charge on any atom is -0.423 e. The maximum atomic E-state index is 12.3. The zero-order valence-electron chi connectivity index (χ0n) is 14.1. The van der Waals surface area contributed by atoms with E-state index in [1.165, 1.54) is 16.8 Å². The summed E-state index contributed by atoms with van der Waals surface area (Å²) in [6.07, 6.45) is 1.95. The van der Waals surface area contributed by atoms with Crippen molar-refractivity contribution in [3.63, 3.8) is 0 Å². The van der Waals surface area contributed by atoms with Crippen LogP contribution in [0.1, 0.15) is 28.8 Å². The molecule has 3 N–H and O–H groups in total. The molecule has 0 atom stereocenters. The molecule has 0 saturated heterocycles. The molecule has 10 heteroatoms. The standard InChI is InChI=1S/C17H15N7O3/c18-13-7-8-24(17(26)21-13)9-15-23-22-14(27-15)6-5-12(25)16-19-10-3-1-2-4-11(10)20-16/h1-4,7-8H,5-6,9H2,(H,19,20)(H2,18,21,26). The van der Waals surface area contributed by atoms with E-state index in [4.69, 9.17) is 10.2 Å². The number of nitrogens with two attached hydrogens (primary N) is 1. The van der Waals surface area contributed by atoms with Crippen molar-refractivity contribution in [2.75, 3.05) is 5.73 Å². The molecular formula is C17H15N7O3. The number of imidazole rings is 1. The number of anilines is 1. The first-order chi connectivity index (χ1) is 13.1. The summed E-state index contributed by atoms with van der Waals surface area (Å²) in [5.41, 5.74) is 6.49. The number of H-pyrrole nitrogens is 1. The third kappa shape index (κ3) is 3.59. The lowest BCUT2D eigenvalue weighted by atomic mass is 10.2. The summed E-state index contributed by atoms with van der Waals surface area (Å²) in [6.45, 7) is 0.0800. The van der Waals surface area contributed by atoms with Crippen LogP contribution in [0, 0.1) is 0 Å². The lowest BCUT2D eigenvalue weighted by molar-refractivity contribution is 0.0971. The number of nitrogen functional groups attached to an aromatic ring is 1. The van der Waals surface area contributed by atoms with E-state index in [9.17, 15) is 9.59 Å². The van der Waals surface area contributed by atoms with Crippen LogP contribution in [0.3, 0.4) is 0 Å². The average molecular weight is 365 g/mol. The van der Waals surface area contributed by atoms with Crippen LogP contribution in [0.4, 0.5) is 5.82 Å². The Hall–Kier alpha value is -3.82. The predicted molar refractivity (Wildman–Crippen MR) is 95.1 cm³/mol. The Labute approximate surface area is 152 Å². The van der Waals surface area contributed by atoms with Gasteiger partial charge in [-0.2, -0.15) is 4.98 Å². The summed E-state index contributed by atoms with van der Waals surface area (Å²) < 4.78 is 6.79. The minimum atomic E-state index is -0.505. The molecule has 0 fully saturated rings. The highest BCUT2D eigenvalue weighted by molar-refractivity contribution is 5.95. The number of aryl methyl sites for hydroxylation is 1. The third-order valence-electron chi connectivity index (χ3n) is 3.93. The molecule has 0 aliphatic carbocycles. The van der Waals surface area contributed by atoms with E-state index >= 15 is 0 Å². The SMILES string of the molecule is Nc1ccn(Cc2nnc(CCC(=O)c3nc4ccccc4[nH]3)o2)c(=O)n1. The average Bonchev–Trinajstić information content (AvgIpc) is 3.28. The van der Waals surface area contributed by atoms with Crippen LogP contribution in [-0.4, -0.2) is 35.5 Å². The van der Waals surface area contributed by atoms with Crippen LogP contribution < -0.4 is 11.4 Å². The number of nitrogens with one attached hydrogen (secondary N) is 1. The van der Waals surface area contributed by atoms with Crippen molar-refractivity contribution < 1.29 is 9.21 Å². The predicted octanol–water partition coefficient (Wildman–Crippen LogP) is 0.949. The monoisotopic (exact) mass is 365 g/mol. The summed E-state index contributed by atoms with van der Waals surface area (Å²) in [6, 6.07) is 8.93. The molecule has 10 nitrogen and oxygen atoms in total. The fraction of sp³-hybridized carbons (Fsp3) is 0.176. The van der Waals surface area contributed by atoms with Gasteiger partial charge in [0.25, 0.3) is 0 Å². The zero-order chi connectivity index (χ0) is 18.8. The molecule has 1 aromatic carbocycles. The van der Waals surface area contributed by atoms with Crippen LogP contribution in [0.15, 0.2) is 45.7 Å². The number of hydrogen-bond acceptors (Lipinski definition) is 8. The van der Waals surface area contributed by atoms with Crippen molar-refractivity contribution in [1.29, 1.82) is 0 Å². The second-order valence-electron chi connectivity index (χ2n) is 5.88. The maximum Gasteiger partial charge on any atom is 0.349 e. The molecule has 0 spiro atoms. The second-order valence-corrected chi connectivity index (χ2v) is 5.88. The van der Waals surface area contributed by atoms with Crippen molar-refractivity contribution in [2.45, 2.75) is 19.4 Å². The van der Waals surface area contributed by atoms with Crippen molar-refractivity contribution in [1.82, 2.24) is 29.7 Å². The molecule has 0 aliphatic heterocycles. The highest BCUT2D eigenvalue weighted by atomic mass is 16.4. The Morgan fingerprint density at radius 1 is 1.15 bits per heavy atom. The molecule has 4 aromatic rings. The first-order valence-electron chi connectivity index (χ1n) is 8.20. The molecule has 0 unspecified atom stereocenters. The van der Waals surface area contributed by atoms with Gasteiger partial charge in [0.05, 0.1) is 11.0 Å². The van der Waals surface area contributed by atoms with Gasteiger partial charge < -0.3 is 15.1 Å².